The van der Waals surface area contributed by atoms with E-state index in [0.717, 1.165) is 63.3 Å². The zero-order valence-electron chi connectivity index (χ0n) is 13.0. The minimum absolute atomic E-state index is 0.0901. The maximum absolute atomic E-state index is 6.06. The topological polar surface area (TPSA) is 52.4 Å². The van der Waals surface area contributed by atoms with Gasteiger partial charge in [-0.05, 0) is 30.5 Å². The van der Waals surface area contributed by atoms with Gasteiger partial charge in [0, 0.05) is 33.3 Å². The Morgan fingerprint density at radius 3 is 3.14 bits per heavy atom. The highest BCUT2D eigenvalue weighted by molar-refractivity contribution is 5.74. The SMILES string of the molecule is Cn1nnc2cc(CN3CCO[C@@]4(CCCOC4)C3)ccc21. The molecule has 1 aromatic carbocycles. The van der Waals surface area contributed by atoms with E-state index in [1.807, 2.05) is 11.7 Å². The molecule has 0 aliphatic carbocycles. The number of nitrogens with zero attached hydrogens (tertiary/aromatic N) is 4. The number of aromatic nitrogens is 3. The summed E-state index contributed by atoms with van der Waals surface area (Å²) in [5, 5.41) is 8.27. The number of rotatable bonds is 2. The minimum Gasteiger partial charge on any atom is -0.378 e. The molecule has 0 radical (unpaired) electrons. The highest BCUT2D eigenvalue weighted by atomic mass is 16.5. The van der Waals surface area contributed by atoms with Crippen LogP contribution in [0.4, 0.5) is 0 Å². The molecule has 0 bridgehead atoms. The van der Waals surface area contributed by atoms with E-state index in [1.165, 1.54) is 5.56 Å². The van der Waals surface area contributed by atoms with Gasteiger partial charge in [0.25, 0.3) is 0 Å². The van der Waals surface area contributed by atoms with Crippen LogP contribution in [0.25, 0.3) is 11.0 Å². The molecule has 4 rings (SSSR count). The van der Waals surface area contributed by atoms with Crippen LogP contribution >= 0.6 is 0 Å². The van der Waals surface area contributed by atoms with Crippen molar-refractivity contribution in [2.75, 3.05) is 32.9 Å². The fraction of sp³-hybridized carbons (Fsp3) is 0.625. The lowest BCUT2D eigenvalue weighted by molar-refractivity contribution is -0.169. The Morgan fingerprint density at radius 1 is 1.32 bits per heavy atom. The molecule has 6 nitrogen and oxygen atoms in total. The van der Waals surface area contributed by atoms with E-state index in [0.29, 0.717) is 0 Å². The van der Waals surface area contributed by atoms with Crippen LogP contribution < -0.4 is 0 Å². The molecule has 1 spiro atoms. The number of hydrogen-bond acceptors (Lipinski definition) is 5. The van der Waals surface area contributed by atoms with E-state index in [9.17, 15) is 0 Å². The van der Waals surface area contributed by atoms with E-state index >= 15 is 0 Å². The second-order valence-electron chi connectivity index (χ2n) is 6.43. The zero-order chi connectivity index (χ0) is 15.0. The predicted octanol–water partition coefficient (Wildman–Crippen LogP) is 1.35. The maximum Gasteiger partial charge on any atom is 0.113 e. The van der Waals surface area contributed by atoms with Gasteiger partial charge in [-0.25, -0.2) is 4.68 Å². The van der Waals surface area contributed by atoms with Gasteiger partial charge >= 0.3 is 0 Å². The summed E-state index contributed by atoms with van der Waals surface area (Å²) in [4.78, 5) is 2.47. The standard InChI is InChI=1S/C16H22N4O2/c1-19-15-4-3-13(9-14(15)17-18-19)10-20-6-8-22-16(11-20)5-2-7-21-12-16/h3-4,9H,2,5-8,10-12H2,1H3/t16-/m0/s1. The average Bonchev–Trinajstić information content (AvgIpc) is 2.89. The summed E-state index contributed by atoms with van der Waals surface area (Å²) in [6, 6.07) is 6.41. The molecule has 2 saturated heterocycles. The van der Waals surface area contributed by atoms with E-state index in [1.54, 1.807) is 0 Å². The molecule has 1 aromatic heterocycles. The summed E-state index contributed by atoms with van der Waals surface area (Å²) >= 11 is 0. The quantitative estimate of drug-likeness (QED) is 0.838. The molecule has 0 N–H and O–H groups in total. The minimum atomic E-state index is -0.0901. The Kier molecular flexibility index (Phi) is 3.60. The van der Waals surface area contributed by atoms with Crippen LogP contribution in [0.3, 0.4) is 0 Å². The normalized spacial score (nSPS) is 26.8. The van der Waals surface area contributed by atoms with E-state index < -0.39 is 0 Å². The number of fused-ring (bicyclic) bond motifs is 1. The van der Waals surface area contributed by atoms with Gasteiger partial charge in [-0.2, -0.15) is 0 Å². The van der Waals surface area contributed by atoms with E-state index in [-0.39, 0.29) is 5.60 Å². The molecule has 118 valence electrons. The van der Waals surface area contributed by atoms with Crippen LogP contribution in [0.2, 0.25) is 0 Å². The maximum atomic E-state index is 6.06. The zero-order valence-corrected chi connectivity index (χ0v) is 13.0. The first-order valence-corrected chi connectivity index (χ1v) is 7.97. The molecule has 0 saturated carbocycles. The number of hydrogen-bond donors (Lipinski definition) is 0. The lowest BCUT2D eigenvalue weighted by atomic mass is 9.94. The summed E-state index contributed by atoms with van der Waals surface area (Å²) in [5.41, 5.74) is 3.22. The van der Waals surface area contributed by atoms with E-state index in [2.05, 4.69) is 33.4 Å². The van der Waals surface area contributed by atoms with Gasteiger partial charge in [-0.1, -0.05) is 11.3 Å². The van der Waals surface area contributed by atoms with Gasteiger partial charge in [0.2, 0.25) is 0 Å². The lowest BCUT2D eigenvalue weighted by Gasteiger charge is -2.44. The number of aryl methyl sites for hydroxylation is 1. The Labute approximate surface area is 130 Å². The van der Waals surface area contributed by atoms with Crippen LogP contribution in [-0.2, 0) is 23.1 Å². The highest BCUT2D eigenvalue weighted by Gasteiger charge is 2.38. The summed E-state index contributed by atoms with van der Waals surface area (Å²) in [5.74, 6) is 0. The van der Waals surface area contributed by atoms with Crippen molar-refractivity contribution >= 4 is 11.0 Å². The summed E-state index contributed by atoms with van der Waals surface area (Å²) < 4.78 is 13.5. The molecule has 0 amide bonds. The van der Waals surface area contributed by atoms with Crippen molar-refractivity contribution in [3.05, 3.63) is 23.8 Å². The molecule has 2 fully saturated rings. The largest absolute Gasteiger partial charge is 0.378 e. The molecular weight excluding hydrogens is 280 g/mol. The first-order chi connectivity index (χ1) is 10.7. The molecular formula is C16H22N4O2. The van der Waals surface area contributed by atoms with Crippen LogP contribution in [0.15, 0.2) is 18.2 Å². The average molecular weight is 302 g/mol. The second-order valence-corrected chi connectivity index (χ2v) is 6.43. The Balaban J connectivity index is 1.49. The van der Waals surface area contributed by atoms with Crippen molar-refractivity contribution in [2.45, 2.75) is 25.0 Å². The van der Waals surface area contributed by atoms with Crippen molar-refractivity contribution in [3.8, 4) is 0 Å². The highest BCUT2D eigenvalue weighted by Crippen LogP contribution is 2.28. The summed E-state index contributed by atoms with van der Waals surface area (Å²) in [7, 11) is 1.92. The molecule has 6 heteroatoms. The van der Waals surface area contributed by atoms with Gasteiger partial charge in [0.05, 0.1) is 18.7 Å². The molecule has 0 unspecified atom stereocenters. The van der Waals surface area contributed by atoms with Crippen LogP contribution in [0.1, 0.15) is 18.4 Å². The number of morpholine rings is 1. The summed E-state index contributed by atoms with van der Waals surface area (Å²) in [6.07, 6.45) is 2.20. The van der Waals surface area contributed by atoms with Crippen LogP contribution in [0.5, 0.6) is 0 Å². The predicted molar refractivity (Wildman–Crippen MR) is 82.5 cm³/mol. The molecule has 3 heterocycles. The number of ether oxygens (including phenoxy) is 2. The fourth-order valence-corrected chi connectivity index (χ4v) is 3.57. The smallest absolute Gasteiger partial charge is 0.113 e. The van der Waals surface area contributed by atoms with Gasteiger partial charge in [0.1, 0.15) is 11.1 Å². The Morgan fingerprint density at radius 2 is 2.27 bits per heavy atom. The first kappa shape index (κ1) is 14.1. The van der Waals surface area contributed by atoms with Crippen molar-refractivity contribution in [1.82, 2.24) is 19.9 Å². The third-order valence-electron chi connectivity index (χ3n) is 4.69. The molecule has 2 aliphatic heterocycles. The van der Waals surface area contributed by atoms with Crippen molar-refractivity contribution < 1.29 is 9.47 Å². The molecule has 1 atom stereocenters. The Hall–Kier alpha value is -1.50. The van der Waals surface area contributed by atoms with Gasteiger partial charge < -0.3 is 9.47 Å². The number of benzene rings is 1. The molecule has 2 aromatic rings. The molecule has 22 heavy (non-hydrogen) atoms. The fourth-order valence-electron chi connectivity index (χ4n) is 3.57. The third kappa shape index (κ3) is 2.62. The van der Waals surface area contributed by atoms with Crippen LogP contribution in [0, 0.1) is 0 Å². The van der Waals surface area contributed by atoms with Crippen molar-refractivity contribution in [1.29, 1.82) is 0 Å². The molecule has 2 aliphatic rings. The van der Waals surface area contributed by atoms with E-state index in [4.69, 9.17) is 9.47 Å². The van der Waals surface area contributed by atoms with Crippen molar-refractivity contribution in [2.24, 2.45) is 7.05 Å². The van der Waals surface area contributed by atoms with Crippen molar-refractivity contribution in [3.63, 3.8) is 0 Å². The van der Waals surface area contributed by atoms with Gasteiger partial charge in [0.15, 0.2) is 0 Å². The van der Waals surface area contributed by atoms with Gasteiger partial charge in [-0.15, -0.1) is 5.10 Å². The first-order valence-electron chi connectivity index (χ1n) is 7.97. The lowest BCUT2D eigenvalue weighted by Crippen LogP contribution is -2.55. The third-order valence-corrected chi connectivity index (χ3v) is 4.69. The Bertz CT molecular complexity index is 658. The second kappa shape index (κ2) is 5.61. The monoisotopic (exact) mass is 302 g/mol. The summed E-state index contributed by atoms with van der Waals surface area (Å²) in [6.45, 7) is 5.24. The van der Waals surface area contributed by atoms with Gasteiger partial charge in [-0.3, -0.25) is 4.90 Å². The van der Waals surface area contributed by atoms with Crippen LogP contribution in [-0.4, -0.2) is 58.4 Å².